The van der Waals surface area contributed by atoms with Crippen molar-refractivity contribution in [2.24, 2.45) is 0 Å². The van der Waals surface area contributed by atoms with Gasteiger partial charge in [-0.2, -0.15) is 0 Å². The van der Waals surface area contributed by atoms with Gasteiger partial charge in [-0.05, 0) is 31.2 Å². The second kappa shape index (κ2) is 7.95. The largest absolute Gasteiger partial charge is 0.381 e. The van der Waals surface area contributed by atoms with E-state index in [2.05, 4.69) is 12.1 Å². The third-order valence-electron chi connectivity index (χ3n) is 3.52. The van der Waals surface area contributed by atoms with E-state index < -0.39 is 0 Å². The van der Waals surface area contributed by atoms with Crippen LogP contribution in [0.3, 0.4) is 0 Å². The van der Waals surface area contributed by atoms with Crippen LogP contribution in [0.1, 0.15) is 31.2 Å². The van der Waals surface area contributed by atoms with Crippen molar-refractivity contribution in [3.8, 4) is 0 Å². The third-order valence-corrected chi connectivity index (χ3v) is 3.52. The van der Waals surface area contributed by atoms with E-state index in [1.54, 1.807) is 0 Å². The van der Waals surface area contributed by atoms with Crippen LogP contribution in [0.4, 0.5) is 0 Å². The monoisotopic (exact) mass is 261 g/mol. The van der Waals surface area contributed by atoms with Crippen LogP contribution in [0.5, 0.6) is 0 Å². The predicted molar refractivity (Wildman–Crippen MR) is 76.0 cm³/mol. The number of benzene rings is 1. The molecule has 2 rings (SSSR count). The van der Waals surface area contributed by atoms with Gasteiger partial charge in [-0.1, -0.05) is 30.3 Å². The second-order valence-corrected chi connectivity index (χ2v) is 5.04. The van der Waals surface area contributed by atoms with Crippen molar-refractivity contribution < 1.29 is 9.53 Å². The van der Waals surface area contributed by atoms with Crippen molar-refractivity contribution in [2.75, 3.05) is 26.3 Å². The van der Waals surface area contributed by atoms with Gasteiger partial charge in [0.15, 0.2) is 0 Å². The number of rotatable bonds is 7. The van der Waals surface area contributed by atoms with Gasteiger partial charge >= 0.3 is 0 Å². The van der Waals surface area contributed by atoms with Crippen LogP contribution in [-0.2, 0) is 16.0 Å². The van der Waals surface area contributed by atoms with E-state index in [0.717, 1.165) is 32.5 Å². The van der Waals surface area contributed by atoms with Crippen LogP contribution in [0.25, 0.3) is 0 Å². The van der Waals surface area contributed by atoms with E-state index in [4.69, 9.17) is 4.74 Å². The Kier molecular flexibility index (Phi) is 5.89. The van der Waals surface area contributed by atoms with Crippen molar-refractivity contribution in [3.63, 3.8) is 0 Å². The molecule has 3 heteroatoms. The third kappa shape index (κ3) is 5.03. The van der Waals surface area contributed by atoms with Crippen molar-refractivity contribution >= 4 is 5.91 Å². The summed E-state index contributed by atoms with van der Waals surface area (Å²) in [6.07, 6.45) is 4.75. The fourth-order valence-corrected chi connectivity index (χ4v) is 2.39. The smallest absolute Gasteiger partial charge is 0.222 e. The second-order valence-electron chi connectivity index (χ2n) is 5.04. The van der Waals surface area contributed by atoms with E-state index in [1.165, 1.54) is 18.4 Å². The summed E-state index contributed by atoms with van der Waals surface area (Å²) in [5.41, 5.74) is 1.30. The lowest BCUT2D eigenvalue weighted by atomic mass is 10.2. The quantitative estimate of drug-likeness (QED) is 0.706. The van der Waals surface area contributed by atoms with Crippen LogP contribution < -0.4 is 0 Å². The molecule has 19 heavy (non-hydrogen) atoms. The summed E-state index contributed by atoms with van der Waals surface area (Å²) < 4.78 is 5.58. The first-order valence-electron chi connectivity index (χ1n) is 7.26. The molecule has 1 saturated heterocycles. The van der Waals surface area contributed by atoms with Crippen molar-refractivity contribution in [2.45, 2.75) is 32.1 Å². The lowest BCUT2D eigenvalue weighted by Crippen LogP contribution is -2.27. The minimum Gasteiger partial charge on any atom is -0.381 e. The number of amides is 1. The summed E-state index contributed by atoms with van der Waals surface area (Å²) in [7, 11) is 0. The molecule has 0 saturated carbocycles. The van der Waals surface area contributed by atoms with Gasteiger partial charge < -0.3 is 9.64 Å². The highest BCUT2D eigenvalue weighted by Crippen LogP contribution is 2.09. The maximum Gasteiger partial charge on any atom is 0.222 e. The number of carbonyl (C=O) groups excluding carboxylic acids is 1. The minimum atomic E-state index is 0.296. The topological polar surface area (TPSA) is 29.5 Å². The van der Waals surface area contributed by atoms with E-state index in [9.17, 15) is 4.79 Å². The number of carbonyl (C=O) groups is 1. The molecule has 0 spiro atoms. The van der Waals surface area contributed by atoms with E-state index in [0.29, 0.717) is 18.9 Å². The summed E-state index contributed by atoms with van der Waals surface area (Å²) in [5, 5.41) is 0. The first kappa shape index (κ1) is 14.1. The molecule has 0 bridgehead atoms. The Balaban J connectivity index is 1.49. The minimum absolute atomic E-state index is 0.296. The summed E-state index contributed by atoms with van der Waals surface area (Å²) in [6, 6.07) is 10.3. The van der Waals surface area contributed by atoms with Gasteiger partial charge in [-0.15, -0.1) is 0 Å². The molecule has 1 amide bonds. The Morgan fingerprint density at radius 1 is 1.11 bits per heavy atom. The maximum absolute atomic E-state index is 11.8. The summed E-state index contributed by atoms with van der Waals surface area (Å²) in [6.45, 7) is 3.33. The molecule has 1 aromatic carbocycles. The molecular weight excluding hydrogens is 238 g/mol. The zero-order valence-electron chi connectivity index (χ0n) is 11.5. The van der Waals surface area contributed by atoms with Gasteiger partial charge in [0.05, 0.1) is 6.61 Å². The standard InChI is InChI=1S/C16H23NO2/c18-16(17-11-4-5-12-17)9-6-13-19-14-10-15-7-2-1-3-8-15/h1-3,7-8H,4-6,9-14H2. The number of ether oxygens (including phenoxy) is 1. The fraction of sp³-hybridized carbons (Fsp3) is 0.562. The number of likely N-dealkylation sites (tertiary alicyclic amines) is 1. The maximum atomic E-state index is 11.8. The fourth-order valence-electron chi connectivity index (χ4n) is 2.39. The van der Waals surface area contributed by atoms with Crippen LogP contribution in [-0.4, -0.2) is 37.1 Å². The summed E-state index contributed by atoms with van der Waals surface area (Å²) in [4.78, 5) is 13.7. The van der Waals surface area contributed by atoms with Gasteiger partial charge in [-0.3, -0.25) is 4.79 Å². The molecule has 1 fully saturated rings. The molecular formula is C16H23NO2. The molecule has 1 aliphatic rings. The number of nitrogens with zero attached hydrogens (tertiary/aromatic N) is 1. The van der Waals surface area contributed by atoms with Gasteiger partial charge in [0.1, 0.15) is 0 Å². The molecule has 1 aromatic rings. The number of hydrogen-bond acceptors (Lipinski definition) is 2. The Morgan fingerprint density at radius 2 is 1.84 bits per heavy atom. The van der Waals surface area contributed by atoms with Gasteiger partial charge in [-0.25, -0.2) is 0 Å². The van der Waals surface area contributed by atoms with E-state index in [-0.39, 0.29) is 0 Å². The first-order valence-corrected chi connectivity index (χ1v) is 7.26. The molecule has 0 N–H and O–H groups in total. The van der Waals surface area contributed by atoms with Crippen LogP contribution >= 0.6 is 0 Å². The molecule has 0 atom stereocenters. The van der Waals surface area contributed by atoms with Crippen LogP contribution in [0, 0.1) is 0 Å². The Hall–Kier alpha value is -1.35. The molecule has 0 radical (unpaired) electrons. The SMILES string of the molecule is O=C(CCCOCCc1ccccc1)N1CCCC1. The molecule has 1 heterocycles. The molecule has 3 nitrogen and oxygen atoms in total. The molecule has 1 aliphatic heterocycles. The molecule has 0 unspecified atom stereocenters. The van der Waals surface area contributed by atoms with Crippen molar-refractivity contribution in [1.82, 2.24) is 4.90 Å². The van der Waals surface area contributed by atoms with E-state index >= 15 is 0 Å². The normalized spacial score (nSPS) is 14.8. The molecule has 0 aromatic heterocycles. The van der Waals surface area contributed by atoms with Crippen molar-refractivity contribution in [1.29, 1.82) is 0 Å². The highest BCUT2D eigenvalue weighted by Gasteiger charge is 2.16. The Morgan fingerprint density at radius 3 is 2.58 bits per heavy atom. The summed E-state index contributed by atoms with van der Waals surface area (Å²) >= 11 is 0. The summed E-state index contributed by atoms with van der Waals surface area (Å²) in [5.74, 6) is 0.296. The highest BCUT2D eigenvalue weighted by atomic mass is 16.5. The van der Waals surface area contributed by atoms with Gasteiger partial charge in [0.2, 0.25) is 5.91 Å². The predicted octanol–water partition coefficient (Wildman–Crippen LogP) is 2.65. The zero-order valence-corrected chi connectivity index (χ0v) is 11.5. The zero-order chi connectivity index (χ0) is 13.3. The average molecular weight is 261 g/mol. The lowest BCUT2D eigenvalue weighted by Gasteiger charge is -2.14. The van der Waals surface area contributed by atoms with Gasteiger partial charge in [0, 0.05) is 26.1 Å². The molecule has 104 valence electrons. The van der Waals surface area contributed by atoms with Gasteiger partial charge in [0.25, 0.3) is 0 Å². The van der Waals surface area contributed by atoms with Crippen molar-refractivity contribution in [3.05, 3.63) is 35.9 Å². The number of hydrogen-bond donors (Lipinski definition) is 0. The highest BCUT2D eigenvalue weighted by molar-refractivity contribution is 5.76. The lowest BCUT2D eigenvalue weighted by molar-refractivity contribution is -0.130. The molecule has 0 aliphatic carbocycles. The Labute approximate surface area is 115 Å². The first-order chi connectivity index (χ1) is 9.36. The Bertz CT molecular complexity index is 372. The average Bonchev–Trinajstić information content (AvgIpc) is 2.98. The van der Waals surface area contributed by atoms with Crippen LogP contribution in [0.2, 0.25) is 0 Å². The van der Waals surface area contributed by atoms with E-state index in [1.807, 2.05) is 23.1 Å². The van der Waals surface area contributed by atoms with Crippen LogP contribution in [0.15, 0.2) is 30.3 Å².